The first kappa shape index (κ1) is 44.1. The van der Waals surface area contributed by atoms with Gasteiger partial charge in [0.25, 0.3) is 16.6 Å². The smallest absolute Gasteiger partial charge is 0.250 e. The van der Waals surface area contributed by atoms with Crippen molar-refractivity contribution in [3.05, 3.63) is 59.7 Å². The van der Waals surface area contributed by atoms with Gasteiger partial charge in [0.05, 0.1) is 37.9 Å². The number of amides is 1. The van der Waals surface area contributed by atoms with Gasteiger partial charge in [-0.15, -0.1) is 6.58 Å². The molecule has 3 heterocycles. The summed E-state index contributed by atoms with van der Waals surface area (Å²) in [5.74, 6) is 3.13. The SMILES string of the molecule is C=CCOc1c(C)c2c(c3c1C[C@H]1C(O)OC[C@@H]3N1[C@@H](C#N)[C@H](Cc1cc(O[Si](C)(C)C(C)(C)C)c(OC)c(O[Si](C)(C)C(C)(C)C)c1)NC(=O)CC=C)OCO2. The van der Waals surface area contributed by atoms with Crippen molar-refractivity contribution >= 4 is 22.5 Å². The number of carbonyl (C=O) groups is 1. The molecule has 5 rings (SSSR count). The van der Waals surface area contributed by atoms with Crippen LogP contribution in [0.1, 0.15) is 76.3 Å². The maximum atomic E-state index is 13.5. The van der Waals surface area contributed by atoms with Gasteiger partial charge in [0.1, 0.15) is 18.4 Å². The van der Waals surface area contributed by atoms with E-state index in [1.165, 1.54) is 6.08 Å². The standard InChI is InChI=1S/C43H63N3O9Si2/c1-15-17-35(47)45-29(19-27-20-33(54-56(11,12)42(4,5)6)39(49-10)34(21-27)55-57(13,14)43(7,8)9)31(23-44)46-30-22-28-36(32(46)24-51-41(30)48)40-38(52-25-53-40)26(3)37(28)50-18-16-2/h15-16,20-21,29-32,41,48H,1-2,17-19,22,24-25H2,3-14H3,(H,45,47)/t29-,30-,31-,32-,41?/m0/s1. The van der Waals surface area contributed by atoms with E-state index in [9.17, 15) is 15.2 Å². The molecule has 57 heavy (non-hydrogen) atoms. The molecule has 2 aromatic carbocycles. The van der Waals surface area contributed by atoms with Crippen molar-refractivity contribution < 1.29 is 42.4 Å². The molecule has 0 saturated carbocycles. The number of aliphatic hydroxyl groups is 1. The van der Waals surface area contributed by atoms with E-state index in [0.29, 0.717) is 40.9 Å². The van der Waals surface area contributed by atoms with Crippen LogP contribution < -0.4 is 33.1 Å². The zero-order valence-electron chi connectivity index (χ0n) is 36.0. The molecule has 12 nitrogen and oxygen atoms in total. The Kier molecular flexibility index (Phi) is 12.9. The van der Waals surface area contributed by atoms with Gasteiger partial charge >= 0.3 is 0 Å². The van der Waals surface area contributed by atoms with Crippen LogP contribution in [0.4, 0.5) is 0 Å². The molecule has 1 saturated heterocycles. The highest BCUT2D eigenvalue weighted by Gasteiger charge is 2.52. The number of fused-ring (bicyclic) bond motifs is 6. The van der Waals surface area contributed by atoms with Crippen LogP contribution in [0.3, 0.4) is 0 Å². The van der Waals surface area contributed by atoms with Gasteiger partial charge in [0.15, 0.2) is 29.3 Å². The summed E-state index contributed by atoms with van der Waals surface area (Å²) in [5.41, 5.74) is 3.23. The predicted octanol–water partition coefficient (Wildman–Crippen LogP) is 7.88. The topological polar surface area (TPSA) is 141 Å². The Bertz CT molecular complexity index is 1850. The molecule has 2 bridgehead atoms. The summed E-state index contributed by atoms with van der Waals surface area (Å²) in [5, 5.41) is 25.6. The summed E-state index contributed by atoms with van der Waals surface area (Å²) >= 11 is 0. The van der Waals surface area contributed by atoms with E-state index >= 15 is 0 Å². The predicted molar refractivity (Wildman–Crippen MR) is 226 cm³/mol. The number of hydrogen-bond donors (Lipinski definition) is 2. The normalized spacial score (nSPS) is 20.4. The molecule has 0 radical (unpaired) electrons. The van der Waals surface area contributed by atoms with Crippen LogP contribution >= 0.6 is 0 Å². The zero-order chi connectivity index (χ0) is 42.2. The van der Waals surface area contributed by atoms with Crippen molar-refractivity contribution in [2.75, 3.05) is 27.1 Å². The molecule has 0 spiro atoms. The molecule has 1 fully saturated rings. The minimum atomic E-state index is -2.39. The lowest BCUT2D eigenvalue weighted by Crippen LogP contribution is -2.64. The lowest BCUT2D eigenvalue weighted by molar-refractivity contribution is -0.211. The number of ether oxygens (including phenoxy) is 5. The van der Waals surface area contributed by atoms with Crippen LogP contribution in [0, 0.1) is 18.3 Å². The Balaban J connectivity index is 1.67. The Morgan fingerprint density at radius 1 is 1.04 bits per heavy atom. The number of rotatable bonds is 15. The van der Waals surface area contributed by atoms with Gasteiger partial charge < -0.3 is 43.0 Å². The van der Waals surface area contributed by atoms with Gasteiger partial charge in [-0.05, 0) is 73.7 Å². The number of methoxy groups -OCH3 is 1. The number of hydrogen-bond acceptors (Lipinski definition) is 11. The molecule has 14 heteroatoms. The Labute approximate surface area is 341 Å². The number of nitriles is 1. The highest BCUT2D eigenvalue weighted by atomic mass is 28.4. The summed E-state index contributed by atoms with van der Waals surface area (Å²) in [6.45, 7) is 31.7. The molecule has 3 aliphatic heterocycles. The number of benzene rings is 2. The molecule has 0 aromatic heterocycles. The summed E-state index contributed by atoms with van der Waals surface area (Å²) in [4.78, 5) is 15.5. The van der Waals surface area contributed by atoms with E-state index in [1.54, 1.807) is 13.2 Å². The maximum Gasteiger partial charge on any atom is 0.250 e. The monoisotopic (exact) mass is 821 g/mol. The minimum Gasteiger partial charge on any atom is -0.541 e. The third-order valence-corrected chi connectivity index (χ3v) is 21.0. The number of carbonyl (C=O) groups excluding carboxylic acids is 1. The molecule has 2 aromatic rings. The lowest BCUT2D eigenvalue weighted by atomic mass is 9.81. The first-order chi connectivity index (χ1) is 26.6. The van der Waals surface area contributed by atoms with Crippen molar-refractivity contribution in [3.63, 3.8) is 0 Å². The summed E-state index contributed by atoms with van der Waals surface area (Å²) in [6, 6.07) is 3.55. The van der Waals surface area contributed by atoms with Crippen LogP contribution in [-0.4, -0.2) is 84.1 Å². The fourth-order valence-electron chi connectivity index (χ4n) is 7.27. The highest BCUT2D eigenvalue weighted by molar-refractivity contribution is 6.75. The molecular weight excluding hydrogens is 759 g/mol. The minimum absolute atomic E-state index is 0.0328. The molecule has 2 N–H and O–H groups in total. The van der Waals surface area contributed by atoms with Crippen LogP contribution in [0.15, 0.2) is 37.4 Å². The van der Waals surface area contributed by atoms with Gasteiger partial charge in [-0.2, -0.15) is 5.26 Å². The van der Waals surface area contributed by atoms with E-state index in [1.807, 2.05) is 24.0 Å². The van der Waals surface area contributed by atoms with Crippen molar-refractivity contribution in [3.8, 4) is 40.6 Å². The average Bonchev–Trinajstić information content (AvgIpc) is 3.59. The van der Waals surface area contributed by atoms with Crippen molar-refractivity contribution in [1.29, 1.82) is 5.26 Å². The van der Waals surface area contributed by atoms with E-state index in [-0.39, 0.29) is 48.8 Å². The largest absolute Gasteiger partial charge is 0.541 e. The molecule has 0 aliphatic carbocycles. The fraction of sp³-hybridized carbons (Fsp3) is 0.581. The van der Waals surface area contributed by atoms with Gasteiger partial charge in [-0.25, -0.2) is 0 Å². The van der Waals surface area contributed by atoms with Crippen molar-refractivity contribution in [2.24, 2.45) is 0 Å². The number of nitrogens with one attached hydrogen (secondary N) is 1. The molecule has 312 valence electrons. The first-order valence-corrected chi connectivity index (χ1v) is 25.6. The fourth-order valence-corrected chi connectivity index (χ4v) is 9.28. The quantitative estimate of drug-likeness (QED) is 0.134. The molecule has 5 atom stereocenters. The molecule has 1 amide bonds. The van der Waals surface area contributed by atoms with Crippen LogP contribution in [0.25, 0.3) is 0 Å². The average molecular weight is 822 g/mol. The molecular formula is C43H63N3O9Si2. The van der Waals surface area contributed by atoms with Crippen LogP contribution in [0.2, 0.25) is 36.3 Å². The Hall–Kier alpha value is -4.01. The van der Waals surface area contributed by atoms with Crippen molar-refractivity contribution in [1.82, 2.24) is 10.2 Å². The van der Waals surface area contributed by atoms with E-state index in [4.69, 9.17) is 32.5 Å². The second kappa shape index (κ2) is 16.7. The molecule has 1 unspecified atom stereocenters. The number of morpholine rings is 1. The van der Waals surface area contributed by atoms with E-state index in [0.717, 1.165) is 22.3 Å². The van der Waals surface area contributed by atoms with Crippen LogP contribution in [-0.2, 0) is 22.4 Å². The second-order valence-electron chi connectivity index (χ2n) is 18.3. The van der Waals surface area contributed by atoms with Crippen LogP contribution in [0.5, 0.6) is 34.5 Å². The summed E-state index contributed by atoms with van der Waals surface area (Å²) < 4.78 is 44.3. The van der Waals surface area contributed by atoms with Gasteiger partial charge in [0, 0.05) is 23.1 Å². The van der Waals surface area contributed by atoms with Gasteiger partial charge in [-0.3, -0.25) is 9.69 Å². The first-order valence-electron chi connectivity index (χ1n) is 19.7. The summed E-state index contributed by atoms with van der Waals surface area (Å²) in [6.07, 6.45) is 2.57. The maximum absolute atomic E-state index is 13.5. The van der Waals surface area contributed by atoms with E-state index < -0.39 is 47.1 Å². The Morgan fingerprint density at radius 2 is 1.63 bits per heavy atom. The number of aliphatic hydroxyl groups excluding tert-OH is 1. The third-order valence-electron chi connectivity index (χ3n) is 12.3. The second-order valence-corrected chi connectivity index (χ2v) is 27.7. The zero-order valence-corrected chi connectivity index (χ0v) is 38.0. The third kappa shape index (κ3) is 8.73. The number of nitrogens with zero attached hydrogens (tertiary/aromatic N) is 2. The van der Waals surface area contributed by atoms with Gasteiger partial charge in [-0.1, -0.05) is 60.3 Å². The van der Waals surface area contributed by atoms with Gasteiger partial charge in [0.2, 0.25) is 18.4 Å². The van der Waals surface area contributed by atoms with E-state index in [2.05, 4.69) is 92.3 Å². The summed E-state index contributed by atoms with van der Waals surface area (Å²) in [7, 11) is -3.17. The van der Waals surface area contributed by atoms with Crippen molar-refractivity contribution in [2.45, 2.75) is 134 Å². The highest BCUT2D eigenvalue weighted by Crippen LogP contribution is 2.55. The lowest BCUT2D eigenvalue weighted by Gasteiger charge is -2.52. The molecule has 3 aliphatic rings. The Morgan fingerprint density at radius 3 is 2.16 bits per heavy atom.